The molecule has 6 nitrogen and oxygen atoms in total. The molecule has 0 atom stereocenters. The van der Waals surface area contributed by atoms with Gasteiger partial charge in [0.1, 0.15) is 18.4 Å². The van der Waals surface area contributed by atoms with Crippen molar-refractivity contribution in [1.29, 1.82) is 0 Å². The van der Waals surface area contributed by atoms with Gasteiger partial charge in [-0.25, -0.2) is 14.6 Å². The zero-order valence-corrected chi connectivity index (χ0v) is 12.5. The summed E-state index contributed by atoms with van der Waals surface area (Å²) in [6.07, 6.45) is 4.74. The average molecular weight is 346 g/mol. The summed E-state index contributed by atoms with van der Waals surface area (Å²) in [7, 11) is 0. The molecule has 0 amide bonds. The molecule has 21 heavy (non-hydrogen) atoms. The predicted molar refractivity (Wildman–Crippen MR) is 82.3 cm³/mol. The molecule has 0 saturated carbocycles. The van der Waals surface area contributed by atoms with Crippen LogP contribution in [0.4, 0.5) is 5.69 Å². The van der Waals surface area contributed by atoms with Crippen LogP contribution in [0.2, 0.25) is 0 Å². The van der Waals surface area contributed by atoms with Crippen molar-refractivity contribution in [2.45, 2.75) is 6.54 Å². The first kappa shape index (κ1) is 13.6. The van der Waals surface area contributed by atoms with Crippen molar-refractivity contribution < 1.29 is 5.11 Å². The van der Waals surface area contributed by atoms with E-state index in [0.717, 1.165) is 15.7 Å². The van der Waals surface area contributed by atoms with E-state index in [0.29, 0.717) is 12.4 Å². The first-order chi connectivity index (χ1) is 10.2. The predicted octanol–water partition coefficient (Wildman–Crippen LogP) is 2.74. The molecule has 0 radical (unpaired) electrons. The Labute approximate surface area is 129 Å². The van der Waals surface area contributed by atoms with Crippen LogP contribution in [0, 0.1) is 0 Å². The van der Waals surface area contributed by atoms with Gasteiger partial charge in [0.15, 0.2) is 5.82 Å². The molecule has 2 heterocycles. The molecule has 3 aromatic rings. The molecule has 0 unspecified atom stereocenters. The van der Waals surface area contributed by atoms with Gasteiger partial charge < -0.3 is 10.4 Å². The number of nitrogens with zero attached hydrogens (tertiary/aromatic N) is 4. The fraction of sp³-hybridized carbons (Fsp3) is 0.0714. The second-order valence-electron chi connectivity index (χ2n) is 4.34. The lowest BCUT2D eigenvalue weighted by molar-refractivity contribution is 0.469. The average Bonchev–Trinajstić information content (AvgIpc) is 3.03. The van der Waals surface area contributed by atoms with E-state index in [4.69, 9.17) is 0 Å². The molecule has 2 aromatic heterocycles. The van der Waals surface area contributed by atoms with Crippen LogP contribution in [0.15, 0.2) is 53.7 Å². The molecule has 0 bridgehead atoms. The molecule has 0 spiro atoms. The number of hydrogen-bond acceptors (Lipinski definition) is 5. The van der Waals surface area contributed by atoms with Crippen LogP contribution in [0.1, 0.15) is 5.56 Å². The van der Waals surface area contributed by atoms with Gasteiger partial charge in [0.2, 0.25) is 0 Å². The molecule has 1 aromatic carbocycles. The van der Waals surface area contributed by atoms with E-state index in [-0.39, 0.29) is 5.75 Å². The first-order valence-corrected chi connectivity index (χ1v) is 7.04. The zero-order chi connectivity index (χ0) is 14.7. The van der Waals surface area contributed by atoms with Gasteiger partial charge in [-0.15, -0.1) is 0 Å². The highest BCUT2D eigenvalue weighted by atomic mass is 79.9. The molecule has 0 fully saturated rings. The Kier molecular flexibility index (Phi) is 3.83. The van der Waals surface area contributed by atoms with E-state index in [2.05, 4.69) is 36.3 Å². The molecule has 0 aliphatic heterocycles. The van der Waals surface area contributed by atoms with Gasteiger partial charge >= 0.3 is 0 Å². The minimum atomic E-state index is 0.247. The first-order valence-electron chi connectivity index (χ1n) is 6.25. The smallest absolute Gasteiger partial charge is 0.178 e. The van der Waals surface area contributed by atoms with Gasteiger partial charge in [-0.05, 0) is 30.3 Å². The monoisotopic (exact) mass is 345 g/mol. The summed E-state index contributed by atoms with van der Waals surface area (Å²) in [6, 6.07) is 9.06. The van der Waals surface area contributed by atoms with Crippen LogP contribution in [0.5, 0.6) is 5.75 Å². The number of hydrogen-bond donors (Lipinski definition) is 2. The van der Waals surface area contributed by atoms with Crippen LogP contribution in [-0.2, 0) is 6.54 Å². The molecule has 0 aliphatic carbocycles. The largest absolute Gasteiger partial charge is 0.508 e. The normalized spacial score (nSPS) is 10.5. The highest BCUT2D eigenvalue weighted by Gasteiger charge is 2.07. The minimum absolute atomic E-state index is 0.247. The number of halogens is 1. The molecule has 106 valence electrons. The maximum absolute atomic E-state index is 9.86. The highest BCUT2D eigenvalue weighted by molar-refractivity contribution is 9.10. The van der Waals surface area contributed by atoms with Crippen LogP contribution in [0.25, 0.3) is 5.82 Å². The third-order valence-corrected chi connectivity index (χ3v) is 3.43. The molecule has 3 rings (SSSR count). The lowest BCUT2D eigenvalue weighted by Crippen LogP contribution is -2.06. The second-order valence-corrected chi connectivity index (χ2v) is 5.26. The van der Waals surface area contributed by atoms with Crippen LogP contribution < -0.4 is 5.32 Å². The van der Waals surface area contributed by atoms with Crippen LogP contribution in [0.3, 0.4) is 0 Å². The fourth-order valence-electron chi connectivity index (χ4n) is 1.92. The van der Waals surface area contributed by atoms with Gasteiger partial charge in [-0.1, -0.05) is 15.9 Å². The lowest BCUT2D eigenvalue weighted by atomic mass is 10.2. The number of benzene rings is 1. The highest BCUT2D eigenvalue weighted by Crippen LogP contribution is 2.24. The SMILES string of the molecule is Oc1ccc(Br)cc1CNc1cccnc1-n1cncn1. The minimum Gasteiger partial charge on any atom is -0.508 e. The third kappa shape index (κ3) is 3.03. The van der Waals surface area contributed by atoms with E-state index in [1.807, 2.05) is 18.2 Å². The number of aromatic hydroxyl groups is 1. The van der Waals surface area contributed by atoms with Crippen molar-refractivity contribution in [2.24, 2.45) is 0 Å². The van der Waals surface area contributed by atoms with Crippen molar-refractivity contribution in [2.75, 3.05) is 5.32 Å². The summed E-state index contributed by atoms with van der Waals surface area (Å²) in [6.45, 7) is 0.471. The number of nitrogens with one attached hydrogen (secondary N) is 1. The Hall–Kier alpha value is -2.41. The number of rotatable bonds is 4. The van der Waals surface area contributed by atoms with E-state index >= 15 is 0 Å². The Morgan fingerprint density at radius 2 is 2.19 bits per heavy atom. The van der Waals surface area contributed by atoms with E-state index < -0.39 is 0 Å². The Balaban J connectivity index is 1.84. The summed E-state index contributed by atoms with van der Waals surface area (Å²) in [5.74, 6) is 0.904. The van der Waals surface area contributed by atoms with Gasteiger partial charge in [0, 0.05) is 22.8 Å². The van der Waals surface area contributed by atoms with E-state index in [1.54, 1.807) is 29.3 Å². The summed E-state index contributed by atoms with van der Waals surface area (Å²) >= 11 is 3.39. The topological polar surface area (TPSA) is 75.9 Å². The van der Waals surface area contributed by atoms with Crippen molar-refractivity contribution >= 4 is 21.6 Å². The van der Waals surface area contributed by atoms with Crippen molar-refractivity contribution in [3.8, 4) is 11.6 Å². The van der Waals surface area contributed by atoms with E-state index in [1.165, 1.54) is 6.33 Å². The summed E-state index contributed by atoms with van der Waals surface area (Å²) in [5, 5.41) is 17.2. The number of pyridine rings is 1. The maximum atomic E-state index is 9.86. The Bertz CT molecular complexity index is 745. The van der Waals surface area contributed by atoms with Crippen molar-refractivity contribution in [3.05, 3.63) is 59.2 Å². The van der Waals surface area contributed by atoms with E-state index in [9.17, 15) is 5.11 Å². The van der Waals surface area contributed by atoms with Gasteiger partial charge in [-0.2, -0.15) is 5.10 Å². The second kappa shape index (κ2) is 5.92. The lowest BCUT2D eigenvalue weighted by Gasteiger charge is -2.11. The molecule has 7 heteroatoms. The van der Waals surface area contributed by atoms with Crippen LogP contribution in [-0.4, -0.2) is 24.9 Å². The molecule has 0 aliphatic rings. The summed E-state index contributed by atoms with van der Waals surface area (Å²) in [4.78, 5) is 8.22. The third-order valence-electron chi connectivity index (χ3n) is 2.93. The summed E-state index contributed by atoms with van der Waals surface area (Å²) in [5.41, 5.74) is 1.60. The number of aromatic nitrogens is 4. The Morgan fingerprint density at radius 1 is 1.29 bits per heavy atom. The number of phenolic OH excluding ortho intramolecular Hbond substituents is 1. The number of anilines is 1. The summed E-state index contributed by atoms with van der Waals surface area (Å²) < 4.78 is 2.50. The van der Waals surface area contributed by atoms with Crippen molar-refractivity contribution in [1.82, 2.24) is 19.7 Å². The van der Waals surface area contributed by atoms with Gasteiger partial charge in [0.25, 0.3) is 0 Å². The van der Waals surface area contributed by atoms with Gasteiger partial charge in [0.05, 0.1) is 5.69 Å². The molecular weight excluding hydrogens is 334 g/mol. The zero-order valence-electron chi connectivity index (χ0n) is 10.9. The quantitative estimate of drug-likeness (QED) is 0.760. The molecular formula is C14H12BrN5O. The van der Waals surface area contributed by atoms with Crippen molar-refractivity contribution in [3.63, 3.8) is 0 Å². The molecule has 0 saturated heterocycles. The Morgan fingerprint density at radius 3 is 3.00 bits per heavy atom. The van der Waals surface area contributed by atoms with Gasteiger partial charge in [-0.3, -0.25) is 0 Å². The molecule has 2 N–H and O–H groups in total. The number of phenols is 1. The standard InChI is InChI=1S/C14H12BrN5O/c15-11-3-4-13(21)10(6-11)7-18-12-2-1-5-17-14(12)20-9-16-8-19-20/h1-6,8-9,18,21H,7H2. The fourth-order valence-corrected chi connectivity index (χ4v) is 2.33. The van der Waals surface area contributed by atoms with Crippen LogP contribution >= 0.6 is 15.9 Å². The maximum Gasteiger partial charge on any atom is 0.178 e.